The predicted octanol–water partition coefficient (Wildman–Crippen LogP) is 2.64. The van der Waals surface area contributed by atoms with Crippen molar-refractivity contribution >= 4 is 29.5 Å². The molecule has 1 aliphatic carbocycles. The number of H-pyrrole nitrogens is 1. The minimum Gasteiger partial charge on any atom is -0.348 e. The van der Waals surface area contributed by atoms with Crippen LogP contribution in [0.2, 0.25) is 0 Å². The Morgan fingerprint density at radius 2 is 2.09 bits per heavy atom. The number of benzene rings is 1. The van der Waals surface area contributed by atoms with Gasteiger partial charge in [0.25, 0.3) is 17.6 Å². The van der Waals surface area contributed by atoms with Gasteiger partial charge < -0.3 is 10.6 Å². The summed E-state index contributed by atoms with van der Waals surface area (Å²) in [6, 6.07) is 10.1. The highest BCUT2D eigenvalue weighted by Crippen LogP contribution is 2.39. The Bertz CT molecular complexity index is 1130. The number of fused-ring (bicyclic) bond motifs is 1. The SMILES string of the molecule is O=C(NC1CCNC1)c1ccc(SN2C=C(Nc3cc(C4CC4)[nH]n3)[N+]3C=CN=C3C2)cc1. The molecule has 2 aromatic rings. The first-order valence-electron chi connectivity index (χ1n) is 11.3. The number of hydrogen-bond acceptors (Lipinski definition) is 8. The number of aromatic amines is 1. The zero-order chi connectivity index (χ0) is 22.2. The highest BCUT2D eigenvalue weighted by atomic mass is 32.2. The third-order valence-electron chi connectivity index (χ3n) is 6.15. The number of amides is 1. The summed E-state index contributed by atoms with van der Waals surface area (Å²) in [7, 11) is 0. The molecule has 33 heavy (non-hydrogen) atoms. The lowest BCUT2D eigenvalue weighted by Crippen LogP contribution is -2.42. The summed E-state index contributed by atoms with van der Waals surface area (Å²) >= 11 is 1.61. The van der Waals surface area contributed by atoms with Crippen molar-refractivity contribution in [3.05, 3.63) is 66.0 Å². The van der Waals surface area contributed by atoms with Gasteiger partial charge in [-0.25, -0.2) is 0 Å². The Labute approximate surface area is 196 Å². The number of nitrogens with one attached hydrogen (secondary N) is 4. The standard InChI is InChI=1S/C23H26N8OS/c32-23(26-17-7-8-24-12-17)16-3-5-18(6-4-16)33-30-13-21-25-9-10-31(21)22(14-30)27-20-11-19(28-29-20)15-1-2-15/h3-6,9-11,14-15,17,24H,1-2,7-8,12-13H2,(H,26,32)(H2,27,28,29)/q+1. The summed E-state index contributed by atoms with van der Waals surface area (Å²) in [6.45, 7) is 2.47. The lowest BCUT2D eigenvalue weighted by atomic mass is 10.2. The van der Waals surface area contributed by atoms with E-state index in [-0.39, 0.29) is 11.9 Å². The lowest BCUT2D eigenvalue weighted by Gasteiger charge is -2.24. The van der Waals surface area contributed by atoms with Crippen molar-refractivity contribution in [2.24, 2.45) is 4.99 Å². The summed E-state index contributed by atoms with van der Waals surface area (Å²) in [5.74, 6) is 3.27. The Kier molecular flexibility index (Phi) is 5.41. The van der Waals surface area contributed by atoms with Crippen LogP contribution in [-0.4, -0.2) is 51.9 Å². The fraction of sp³-hybridized carbons (Fsp3) is 0.348. The van der Waals surface area contributed by atoms with Gasteiger partial charge in [0.05, 0.1) is 12.4 Å². The fourth-order valence-corrected chi connectivity index (χ4v) is 5.05. The van der Waals surface area contributed by atoms with Gasteiger partial charge >= 0.3 is 0 Å². The van der Waals surface area contributed by atoms with E-state index in [2.05, 4.69) is 47.7 Å². The molecule has 2 fully saturated rings. The number of amidine groups is 1. The van der Waals surface area contributed by atoms with E-state index in [0.29, 0.717) is 18.0 Å². The quantitative estimate of drug-likeness (QED) is 0.373. The molecule has 4 heterocycles. The van der Waals surface area contributed by atoms with E-state index in [1.165, 1.54) is 18.5 Å². The zero-order valence-corrected chi connectivity index (χ0v) is 18.9. The van der Waals surface area contributed by atoms with E-state index in [0.717, 1.165) is 41.9 Å². The second-order valence-electron chi connectivity index (χ2n) is 8.69. The third-order valence-corrected chi connectivity index (χ3v) is 7.10. The van der Waals surface area contributed by atoms with Gasteiger partial charge in [-0.1, -0.05) is 0 Å². The Morgan fingerprint density at radius 3 is 2.88 bits per heavy atom. The molecule has 1 atom stereocenters. The molecule has 0 bridgehead atoms. The smallest absolute Gasteiger partial charge is 0.285 e. The van der Waals surface area contributed by atoms with Crippen LogP contribution in [-0.2, 0) is 0 Å². The molecule has 0 spiro atoms. The van der Waals surface area contributed by atoms with Gasteiger partial charge in [-0.2, -0.15) is 10.1 Å². The second-order valence-corrected chi connectivity index (χ2v) is 9.81. The minimum atomic E-state index is -0.0174. The van der Waals surface area contributed by atoms with Crippen LogP contribution in [0.5, 0.6) is 0 Å². The van der Waals surface area contributed by atoms with Crippen LogP contribution in [0.3, 0.4) is 0 Å². The molecule has 1 saturated heterocycles. The number of nitrogens with zero attached hydrogens (tertiary/aromatic N) is 4. The van der Waals surface area contributed by atoms with Gasteiger partial charge in [-0.3, -0.25) is 19.5 Å². The van der Waals surface area contributed by atoms with Gasteiger partial charge in [0.15, 0.2) is 12.0 Å². The summed E-state index contributed by atoms with van der Waals surface area (Å²) in [5.41, 5.74) is 1.88. The van der Waals surface area contributed by atoms with E-state index in [9.17, 15) is 4.79 Å². The molecular weight excluding hydrogens is 436 g/mol. The number of aliphatic imine (C=N–C) groups is 1. The average molecular weight is 463 g/mol. The molecule has 1 saturated carbocycles. The maximum Gasteiger partial charge on any atom is 0.285 e. The molecule has 3 aliphatic heterocycles. The maximum atomic E-state index is 12.5. The zero-order valence-electron chi connectivity index (χ0n) is 18.1. The third kappa shape index (κ3) is 4.54. The molecule has 1 aromatic heterocycles. The van der Waals surface area contributed by atoms with Crippen LogP contribution in [0.25, 0.3) is 0 Å². The van der Waals surface area contributed by atoms with Crippen LogP contribution >= 0.6 is 11.9 Å². The van der Waals surface area contributed by atoms with Crippen LogP contribution < -0.4 is 20.9 Å². The number of rotatable bonds is 7. The fourth-order valence-electron chi connectivity index (χ4n) is 4.19. The number of carbonyl (C=O) groups is 1. The van der Waals surface area contributed by atoms with Crippen molar-refractivity contribution in [1.82, 2.24) is 30.0 Å². The molecular formula is C23H26N8OS+. The number of anilines is 1. The van der Waals surface area contributed by atoms with Gasteiger partial charge in [-0.15, -0.1) is 0 Å². The van der Waals surface area contributed by atoms with E-state index >= 15 is 0 Å². The summed E-state index contributed by atoms with van der Waals surface area (Å²) in [4.78, 5) is 20.1. The molecule has 4 N–H and O–H groups in total. The first-order valence-corrected chi connectivity index (χ1v) is 12.1. The molecule has 1 radical (unpaired) electrons. The van der Waals surface area contributed by atoms with E-state index in [4.69, 9.17) is 0 Å². The highest BCUT2D eigenvalue weighted by molar-refractivity contribution is 7.97. The average Bonchev–Trinajstić information content (AvgIpc) is 3.19. The van der Waals surface area contributed by atoms with Crippen LogP contribution in [0.1, 0.15) is 41.2 Å². The molecule has 1 aromatic carbocycles. The molecule has 169 valence electrons. The normalized spacial score (nSPS) is 22.2. The second kappa shape index (κ2) is 8.69. The van der Waals surface area contributed by atoms with Crippen LogP contribution in [0, 0.1) is 0 Å². The molecule has 9 nitrogen and oxygen atoms in total. The van der Waals surface area contributed by atoms with Crippen molar-refractivity contribution in [1.29, 1.82) is 0 Å². The molecule has 4 aliphatic rings. The molecule has 1 unspecified atom stereocenters. The van der Waals surface area contributed by atoms with Gasteiger partial charge in [-0.05, 0) is 66.9 Å². The number of aromatic nitrogens is 2. The molecule has 1 amide bonds. The van der Waals surface area contributed by atoms with Gasteiger partial charge in [0.1, 0.15) is 6.54 Å². The number of carbonyl (C=O) groups excluding carboxylic acids is 1. The van der Waals surface area contributed by atoms with Crippen molar-refractivity contribution in [2.45, 2.75) is 36.1 Å². The van der Waals surface area contributed by atoms with Crippen molar-refractivity contribution in [3.63, 3.8) is 0 Å². The maximum absolute atomic E-state index is 12.5. The van der Waals surface area contributed by atoms with Gasteiger partial charge in [0, 0.05) is 40.7 Å². The van der Waals surface area contributed by atoms with E-state index < -0.39 is 0 Å². The summed E-state index contributed by atoms with van der Waals surface area (Å²) in [6.07, 6.45) is 9.29. The van der Waals surface area contributed by atoms with Crippen LogP contribution in [0.4, 0.5) is 5.82 Å². The Morgan fingerprint density at radius 1 is 1.21 bits per heavy atom. The summed E-state index contributed by atoms with van der Waals surface area (Å²) in [5, 5.41) is 17.4. The van der Waals surface area contributed by atoms with Crippen molar-refractivity contribution < 1.29 is 4.79 Å². The largest absolute Gasteiger partial charge is 0.348 e. The van der Waals surface area contributed by atoms with E-state index in [1.807, 2.05) is 41.6 Å². The van der Waals surface area contributed by atoms with E-state index in [1.54, 1.807) is 11.9 Å². The molecule has 10 heteroatoms. The highest BCUT2D eigenvalue weighted by Gasteiger charge is 2.38. The topological polar surface area (TPSA) is 103 Å². The monoisotopic (exact) mass is 462 g/mol. The van der Waals surface area contributed by atoms with Gasteiger partial charge in [0.2, 0.25) is 0 Å². The lowest BCUT2D eigenvalue weighted by molar-refractivity contribution is 0.0940. The Balaban J connectivity index is 1.13. The first-order chi connectivity index (χ1) is 16.2. The van der Waals surface area contributed by atoms with Crippen LogP contribution in [0.15, 0.2) is 64.6 Å². The minimum absolute atomic E-state index is 0.0174. The molecule has 6 rings (SSSR count). The van der Waals surface area contributed by atoms with Crippen molar-refractivity contribution in [2.75, 3.05) is 25.0 Å². The van der Waals surface area contributed by atoms with Crippen molar-refractivity contribution in [3.8, 4) is 0 Å². The first kappa shape index (κ1) is 20.5. The summed E-state index contributed by atoms with van der Waals surface area (Å²) < 4.78 is 2.14. The predicted molar refractivity (Wildman–Crippen MR) is 129 cm³/mol. The Hall–Kier alpha value is -3.08. The number of hydrogen-bond donors (Lipinski definition) is 4.